The Morgan fingerprint density at radius 1 is 1.13 bits per heavy atom. The van der Waals surface area contributed by atoms with Gasteiger partial charge in [-0.25, -0.2) is 9.38 Å². The van der Waals surface area contributed by atoms with Gasteiger partial charge in [-0.2, -0.15) is 0 Å². The summed E-state index contributed by atoms with van der Waals surface area (Å²) in [5.41, 5.74) is 3.37. The summed E-state index contributed by atoms with van der Waals surface area (Å²) < 4.78 is 20.2. The Hall–Kier alpha value is -2.54. The molecule has 5 nitrogen and oxygen atoms in total. The second-order valence-corrected chi connectivity index (χ2v) is 9.08. The molecule has 0 aliphatic carbocycles. The number of anilines is 1. The second kappa shape index (κ2) is 7.55. The predicted molar refractivity (Wildman–Crippen MR) is 121 cm³/mol. The Balaban J connectivity index is 1.63. The first-order chi connectivity index (χ1) is 14.8. The molecule has 1 fully saturated rings. The van der Waals surface area contributed by atoms with Crippen molar-refractivity contribution < 1.29 is 13.9 Å². The summed E-state index contributed by atoms with van der Waals surface area (Å²) in [5.74, 6) is -0.594. The first-order valence-corrected chi connectivity index (χ1v) is 10.8. The van der Waals surface area contributed by atoms with Gasteiger partial charge >= 0.3 is 0 Å². The minimum absolute atomic E-state index is 0.219. The second-order valence-electron chi connectivity index (χ2n) is 8.64. The lowest BCUT2D eigenvalue weighted by atomic mass is 9.88. The molecule has 0 aromatic heterocycles. The van der Waals surface area contributed by atoms with Crippen LogP contribution in [0.15, 0.2) is 47.5 Å². The molecule has 7 heteroatoms. The van der Waals surface area contributed by atoms with E-state index >= 15 is 0 Å². The molecule has 3 heterocycles. The summed E-state index contributed by atoms with van der Waals surface area (Å²) in [6.07, 6.45) is 2.08. The predicted octanol–water partition coefficient (Wildman–Crippen LogP) is 4.45. The molecule has 31 heavy (non-hydrogen) atoms. The standard InChI is InChI=1S/C24H23ClFN3O2/c1-24(2)13-15(14-28-7-9-31-10-8-28)19-11-17(26)12-20-21(23(30)29(24)22(19)20)27-18-5-3-16(25)4-6-18/h3-6,11-13H,7-10,14H2,1-2H3. The van der Waals surface area contributed by atoms with E-state index in [1.807, 2.05) is 13.8 Å². The van der Waals surface area contributed by atoms with E-state index in [9.17, 15) is 9.18 Å². The van der Waals surface area contributed by atoms with Gasteiger partial charge in [0, 0.05) is 35.8 Å². The van der Waals surface area contributed by atoms with Gasteiger partial charge in [0.25, 0.3) is 5.91 Å². The Morgan fingerprint density at radius 3 is 2.52 bits per heavy atom. The van der Waals surface area contributed by atoms with Crippen LogP contribution < -0.4 is 4.90 Å². The van der Waals surface area contributed by atoms with Crippen molar-refractivity contribution in [2.75, 3.05) is 37.7 Å². The number of nitrogens with zero attached hydrogens (tertiary/aromatic N) is 3. The van der Waals surface area contributed by atoms with Crippen molar-refractivity contribution in [3.05, 3.63) is 64.4 Å². The smallest absolute Gasteiger partial charge is 0.278 e. The van der Waals surface area contributed by atoms with Crippen LogP contribution in [0.1, 0.15) is 25.0 Å². The molecule has 1 saturated heterocycles. The minimum atomic E-state index is -0.560. The molecule has 0 radical (unpaired) electrons. The topological polar surface area (TPSA) is 45.1 Å². The van der Waals surface area contributed by atoms with Crippen LogP contribution in [0.5, 0.6) is 0 Å². The molecule has 0 atom stereocenters. The first kappa shape index (κ1) is 20.4. The van der Waals surface area contributed by atoms with Crippen molar-refractivity contribution >= 4 is 40.2 Å². The molecular weight excluding hydrogens is 417 g/mol. The van der Waals surface area contributed by atoms with E-state index < -0.39 is 5.54 Å². The zero-order valence-electron chi connectivity index (χ0n) is 17.5. The summed E-state index contributed by atoms with van der Waals surface area (Å²) >= 11 is 5.98. The van der Waals surface area contributed by atoms with E-state index in [-0.39, 0.29) is 17.4 Å². The number of halogens is 2. The van der Waals surface area contributed by atoms with Crippen LogP contribution in [-0.4, -0.2) is 54.9 Å². The minimum Gasteiger partial charge on any atom is -0.379 e. The number of carbonyl (C=O) groups is 1. The number of morpholine rings is 1. The number of hydrogen-bond acceptors (Lipinski definition) is 4. The SMILES string of the molecule is CC1(C)C=C(CN2CCOCC2)c2cc(F)cc3c2N1C(=O)C3=Nc1ccc(Cl)cc1. The fourth-order valence-corrected chi connectivity index (χ4v) is 4.72. The number of rotatable bonds is 3. The van der Waals surface area contributed by atoms with Crippen LogP contribution >= 0.6 is 11.6 Å². The van der Waals surface area contributed by atoms with Crippen LogP contribution in [-0.2, 0) is 9.53 Å². The number of carbonyl (C=O) groups excluding carboxylic acids is 1. The molecule has 5 rings (SSSR count). The molecule has 0 N–H and O–H groups in total. The normalized spacial score (nSPS) is 21.4. The number of aliphatic imine (C=N–C) groups is 1. The molecule has 0 saturated carbocycles. The van der Waals surface area contributed by atoms with E-state index in [0.29, 0.717) is 36.0 Å². The highest BCUT2D eigenvalue weighted by atomic mass is 35.5. The quantitative estimate of drug-likeness (QED) is 0.709. The summed E-state index contributed by atoms with van der Waals surface area (Å²) in [6.45, 7) is 7.76. The lowest BCUT2D eigenvalue weighted by molar-refractivity contribution is -0.112. The average molecular weight is 440 g/mol. The third-order valence-corrected chi connectivity index (χ3v) is 6.23. The highest BCUT2D eigenvalue weighted by Crippen LogP contribution is 2.46. The maximum atomic E-state index is 14.7. The summed E-state index contributed by atoms with van der Waals surface area (Å²) in [4.78, 5) is 22.1. The van der Waals surface area contributed by atoms with Crippen molar-refractivity contribution in [3.8, 4) is 0 Å². The van der Waals surface area contributed by atoms with Crippen molar-refractivity contribution in [2.24, 2.45) is 4.99 Å². The molecule has 1 amide bonds. The monoisotopic (exact) mass is 439 g/mol. The van der Waals surface area contributed by atoms with Crippen LogP contribution in [0.3, 0.4) is 0 Å². The van der Waals surface area contributed by atoms with Crippen LogP contribution in [0.25, 0.3) is 5.57 Å². The summed E-state index contributed by atoms with van der Waals surface area (Å²) in [6, 6.07) is 9.89. The van der Waals surface area contributed by atoms with E-state index in [2.05, 4.69) is 16.0 Å². The van der Waals surface area contributed by atoms with Gasteiger partial charge in [-0.3, -0.25) is 14.6 Å². The summed E-state index contributed by atoms with van der Waals surface area (Å²) in [5, 5.41) is 0.591. The van der Waals surface area contributed by atoms with Crippen molar-refractivity contribution in [1.82, 2.24) is 4.90 Å². The number of hydrogen-bond donors (Lipinski definition) is 0. The molecular formula is C24H23ClFN3O2. The van der Waals surface area contributed by atoms with Crippen molar-refractivity contribution in [1.29, 1.82) is 0 Å². The maximum Gasteiger partial charge on any atom is 0.278 e. The molecule has 160 valence electrons. The van der Waals surface area contributed by atoms with Gasteiger partial charge in [0.05, 0.1) is 30.1 Å². The van der Waals surface area contributed by atoms with Crippen LogP contribution in [0.2, 0.25) is 5.02 Å². The third kappa shape index (κ3) is 3.59. The Morgan fingerprint density at radius 2 is 1.81 bits per heavy atom. The lowest BCUT2D eigenvalue weighted by Crippen LogP contribution is -2.48. The van der Waals surface area contributed by atoms with Gasteiger partial charge in [-0.05, 0) is 55.8 Å². The number of ether oxygens (including phenoxy) is 1. The lowest BCUT2D eigenvalue weighted by Gasteiger charge is -2.40. The van der Waals surface area contributed by atoms with E-state index in [4.69, 9.17) is 16.3 Å². The van der Waals surface area contributed by atoms with Gasteiger partial charge in [0.15, 0.2) is 0 Å². The zero-order valence-corrected chi connectivity index (χ0v) is 18.2. The van der Waals surface area contributed by atoms with Gasteiger partial charge in [-0.15, -0.1) is 0 Å². The molecule has 3 aliphatic heterocycles. The maximum absolute atomic E-state index is 14.7. The number of benzene rings is 2. The Bertz CT molecular complexity index is 1120. The van der Waals surface area contributed by atoms with Crippen molar-refractivity contribution in [2.45, 2.75) is 19.4 Å². The van der Waals surface area contributed by atoms with E-state index in [1.165, 1.54) is 12.1 Å². The zero-order chi connectivity index (χ0) is 21.8. The van der Waals surface area contributed by atoms with Gasteiger partial charge in [0.1, 0.15) is 11.5 Å². The van der Waals surface area contributed by atoms with Gasteiger partial charge in [0.2, 0.25) is 0 Å². The van der Waals surface area contributed by atoms with Crippen LogP contribution in [0.4, 0.5) is 15.8 Å². The first-order valence-electron chi connectivity index (χ1n) is 10.4. The largest absolute Gasteiger partial charge is 0.379 e. The average Bonchev–Trinajstić information content (AvgIpc) is 3.01. The Labute approximate surface area is 185 Å². The van der Waals surface area contributed by atoms with Crippen LogP contribution in [0, 0.1) is 5.82 Å². The fraction of sp³-hybridized carbons (Fsp3) is 0.333. The van der Waals surface area contributed by atoms with Gasteiger partial charge in [-0.1, -0.05) is 17.7 Å². The Kier molecular flexibility index (Phi) is 4.96. The molecule has 2 aromatic carbocycles. The highest BCUT2D eigenvalue weighted by Gasteiger charge is 2.46. The molecule has 3 aliphatic rings. The van der Waals surface area contributed by atoms with Gasteiger partial charge < -0.3 is 4.74 Å². The molecule has 2 aromatic rings. The third-order valence-electron chi connectivity index (χ3n) is 5.97. The molecule has 0 spiro atoms. The molecule has 0 unspecified atom stereocenters. The van der Waals surface area contributed by atoms with Crippen molar-refractivity contribution in [3.63, 3.8) is 0 Å². The highest BCUT2D eigenvalue weighted by molar-refractivity contribution is 6.55. The summed E-state index contributed by atoms with van der Waals surface area (Å²) in [7, 11) is 0. The van der Waals surface area contributed by atoms with E-state index in [0.717, 1.165) is 29.9 Å². The fourth-order valence-electron chi connectivity index (χ4n) is 4.59. The number of amides is 1. The molecule has 0 bridgehead atoms. The van der Waals surface area contributed by atoms with E-state index in [1.54, 1.807) is 29.2 Å².